The average molecular weight is 284 g/mol. The van der Waals surface area contributed by atoms with Crippen molar-refractivity contribution in [2.45, 2.75) is 13.3 Å². The molecular formula is C15H16N4S. The van der Waals surface area contributed by atoms with Crippen LogP contribution in [0.1, 0.15) is 10.4 Å². The number of benzene rings is 1. The molecule has 0 spiro atoms. The lowest BCUT2D eigenvalue weighted by Gasteiger charge is -2.05. The first kappa shape index (κ1) is 12.9. The molecule has 0 fully saturated rings. The van der Waals surface area contributed by atoms with Crippen molar-refractivity contribution in [2.75, 3.05) is 11.9 Å². The molecule has 0 unspecified atom stereocenters. The van der Waals surface area contributed by atoms with Crippen LogP contribution in [0.4, 0.5) is 5.13 Å². The molecule has 3 aromatic rings. The van der Waals surface area contributed by atoms with Gasteiger partial charge in [-0.05, 0) is 37.1 Å². The van der Waals surface area contributed by atoms with Gasteiger partial charge >= 0.3 is 0 Å². The zero-order valence-corrected chi connectivity index (χ0v) is 12.1. The highest BCUT2D eigenvalue weighted by Gasteiger charge is 1.99. The van der Waals surface area contributed by atoms with Gasteiger partial charge in [0.05, 0.1) is 5.69 Å². The van der Waals surface area contributed by atoms with Crippen LogP contribution in [0.25, 0.3) is 5.69 Å². The molecule has 0 amide bonds. The lowest BCUT2D eigenvalue weighted by Crippen LogP contribution is -2.04. The third kappa shape index (κ3) is 3.05. The minimum absolute atomic E-state index is 0.897. The molecule has 0 aliphatic rings. The first-order valence-corrected chi connectivity index (χ1v) is 7.38. The fourth-order valence-corrected chi connectivity index (χ4v) is 2.68. The molecule has 102 valence electrons. The molecule has 5 heteroatoms. The molecule has 2 heterocycles. The topological polar surface area (TPSA) is 42.7 Å². The van der Waals surface area contributed by atoms with E-state index in [0.29, 0.717) is 0 Å². The number of nitrogens with one attached hydrogen (secondary N) is 1. The number of hydrogen-bond acceptors (Lipinski definition) is 4. The molecule has 0 bridgehead atoms. The molecule has 1 N–H and O–H groups in total. The fraction of sp³-hybridized carbons (Fsp3) is 0.200. The van der Waals surface area contributed by atoms with Crippen LogP contribution in [0.15, 0.2) is 48.9 Å². The van der Waals surface area contributed by atoms with E-state index in [9.17, 15) is 0 Å². The van der Waals surface area contributed by atoms with Crippen LogP contribution in [0.5, 0.6) is 0 Å². The Morgan fingerprint density at radius 2 is 2.10 bits per heavy atom. The van der Waals surface area contributed by atoms with Crippen molar-refractivity contribution >= 4 is 16.5 Å². The zero-order valence-electron chi connectivity index (χ0n) is 11.3. The maximum absolute atomic E-state index is 4.29. The molecule has 0 radical (unpaired) electrons. The molecule has 4 nitrogen and oxygen atoms in total. The summed E-state index contributed by atoms with van der Waals surface area (Å²) in [7, 11) is 0. The zero-order chi connectivity index (χ0) is 13.8. The van der Waals surface area contributed by atoms with E-state index < -0.39 is 0 Å². The monoisotopic (exact) mass is 284 g/mol. The molecule has 0 saturated heterocycles. The number of anilines is 1. The molecule has 0 saturated carbocycles. The maximum atomic E-state index is 4.29. The van der Waals surface area contributed by atoms with Gasteiger partial charge in [-0.25, -0.2) is 9.67 Å². The van der Waals surface area contributed by atoms with Gasteiger partial charge in [-0.15, -0.1) is 11.3 Å². The molecule has 0 aliphatic carbocycles. The Hall–Kier alpha value is -2.14. The summed E-state index contributed by atoms with van der Waals surface area (Å²) in [5, 5.41) is 8.56. The average Bonchev–Trinajstić information content (AvgIpc) is 3.11. The van der Waals surface area contributed by atoms with Gasteiger partial charge in [0.2, 0.25) is 0 Å². The van der Waals surface area contributed by atoms with Crippen molar-refractivity contribution in [3.05, 3.63) is 59.4 Å². The molecule has 0 atom stereocenters. The van der Waals surface area contributed by atoms with E-state index in [1.807, 2.05) is 23.1 Å². The van der Waals surface area contributed by atoms with Crippen LogP contribution in [0, 0.1) is 6.92 Å². The summed E-state index contributed by atoms with van der Waals surface area (Å²) in [4.78, 5) is 5.52. The molecule has 1 aromatic carbocycles. The second kappa shape index (κ2) is 5.88. The van der Waals surface area contributed by atoms with E-state index in [-0.39, 0.29) is 0 Å². The van der Waals surface area contributed by atoms with Gasteiger partial charge in [-0.1, -0.05) is 12.1 Å². The third-order valence-corrected chi connectivity index (χ3v) is 3.89. The third-order valence-electron chi connectivity index (χ3n) is 3.02. The van der Waals surface area contributed by atoms with Gasteiger partial charge in [0.15, 0.2) is 5.13 Å². The van der Waals surface area contributed by atoms with Gasteiger partial charge in [0.25, 0.3) is 0 Å². The van der Waals surface area contributed by atoms with Crippen LogP contribution >= 0.6 is 11.3 Å². The fourth-order valence-electron chi connectivity index (χ4n) is 1.99. The number of aryl methyl sites for hydroxylation is 1. The normalized spacial score (nSPS) is 10.7. The van der Waals surface area contributed by atoms with E-state index in [1.54, 1.807) is 17.5 Å². The highest BCUT2D eigenvalue weighted by molar-refractivity contribution is 7.15. The molecule has 20 heavy (non-hydrogen) atoms. The van der Waals surface area contributed by atoms with Crippen molar-refractivity contribution in [3.8, 4) is 5.69 Å². The van der Waals surface area contributed by atoms with Gasteiger partial charge in [0, 0.05) is 30.0 Å². The number of aromatic nitrogens is 3. The Morgan fingerprint density at radius 1 is 1.25 bits per heavy atom. The standard InChI is InChI=1S/C15H16N4S/c1-12-11-17-15(20-12)16-9-7-13-3-5-14(6-4-13)19-10-2-8-18-19/h2-6,8,10-11H,7,9H2,1H3,(H,16,17). The summed E-state index contributed by atoms with van der Waals surface area (Å²) in [5.74, 6) is 0. The molecule has 3 rings (SSSR count). The lowest BCUT2D eigenvalue weighted by atomic mass is 10.1. The van der Waals surface area contributed by atoms with E-state index in [4.69, 9.17) is 0 Å². The number of nitrogens with zero attached hydrogens (tertiary/aromatic N) is 3. The predicted octanol–water partition coefficient (Wildman–Crippen LogP) is 3.29. The second-order valence-corrected chi connectivity index (χ2v) is 5.80. The van der Waals surface area contributed by atoms with E-state index in [0.717, 1.165) is 23.8 Å². The minimum atomic E-state index is 0.897. The number of hydrogen-bond donors (Lipinski definition) is 1. The maximum Gasteiger partial charge on any atom is 0.182 e. The summed E-state index contributed by atoms with van der Waals surface area (Å²) >= 11 is 1.69. The van der Waals surface area contributed by atoms with E-state index >= 15 is 0 Å². The lowest BCUT2D eigenvalue weighted by molar-refractivity contribution is 0.878. The quantitative estimate of drug-likeness (QED) is 0.781. The predicted molar refractivity (Wildman–Crippen MR) is 82.6 cm³/mol. The Labute approximate surface area is 122 Å². The first-order valence-electron chi connectivity index (χ1n) is 6.56. The van der Waals surface area contributed by atoms with Crippen LogP contribution in [-0.4, -0.2) is 21.3 Å². The van der Waals surface area contributed by atoms with E-state index in [1.165, 1.54) is 10.4 Å². The Balaban J connectivity index is 1.56. The summed E-state index contributed by atoms with van der Waals surface area (Å²) in [6.45, 7) is 2.96. The number of thiazole rings is 1. The van der Waals surface area contributed by atoms with Gasteiger partial charge in [-0.3, -0.25) is 0 Å². The van der Waals surface area contributed by atoms with Gasteiger partial charge in [-0.2, -0.15) is 5.10 Å². The summed E-state index contributed by atoms with van der Waals surface area (Å²) in [6, 6.07) is 10.4. The summed E-state index contributed by atoms with van der Waals surface area (Å²) in [5.41, 5.74) is 2.39. The van der Waals surface area contributed by atoms with Crippen molar-refractivity contribution in [2.24, 2.45) is 0 Å². The first-order chi connectivity index (χ1) is 9.81. The Morgan fingerprint density at radius 3 is 2.75 bits per heavy atom. The second-order valence-electron chi connectivity index (χ2n) is 4.57. The SMILES string of the molecule is Cc1cnc(NCCc2ccc(-n3cccn3)cc2)s1. The van der Waals surface area contributed by atoms with Crippen molar-refractivity contribution in [1.29, 1.82) is 0 Å². The van der Waals surface area contributed by atoms with Gasteiger partial charge in [0.1, 0.15) is 0 Å². The molecule has 2 aromatic heterocycles. The van der Waals surface area contributed by atoms with Crippen molar-refractivity contribution < 1.29 is 0 Å². The highest BCUT2D eigenvalue weighted by atomic mass is 32.1. The highest BCUT2D eigenvalue weighted by Crippen LogP contribution is 2.16. The Bertz CT molecular complexity index is 656. The van der Waals surface area contributed by atoms with Crippen molar-refractivity contribution in [1.82, 2.24) is 14.8 Å². The van der Waals surface area contributed by atoms with Crippen LogP contribution in [0.2, 0.25) is 0 Å². The van der Waals surface area contributed by atoms with Crippen LogP contribution < -0.4 is 5.32 Å². The van der Waals surface area contributed by atoms with Crippen LogP contribution in [-0.2, 0) is 6.42 Å². The summed E-state index contributed by atoms with van der Waals surface area (Å²) < 4.78 is 1.86. The largest absolute Gasteiger partial charge is 0.361 e. The van der Waals surface area contributed by atoms with Gasteiger partial charge < -0.3 is 5.32 Å². The van der Waals surface area contributed by atoms with E-state index in [2.05, 4.69) is 46.6 Å². The smallest absolute Gasteiger partial charge is 0.182 e. The Kier molecular flexibility index (Phi) is 3.78. The van der Waals surface area contributed by atoms with Crippen molar-refractivity contribution in [3.63, 3.8) is 0 Å². The molecule has 0 aliphatic heterocycles. The molecular weight excluding hydrogens is 268 g/mol. The minimum Gasteiger partial charge on any atom is -0.361 e. The summed E-state index contributed by atoms with van der Waals surface area (Å²) in [6.07, 6.45) is 6.61. The number of rotatable bonds is 5. The van der Waals surface area contributed by atoms with Crippen LogP contribution in [0.3, 0.4) is 0 Å².